The van der Waals surface area contributed by atoms with Crippen molar-refractivity contribution in [1.82, 2.24) is 9.47 Å². The number of hydrogen-bond donors (Lipinski definition) is 0. The number of allylic oxidation sites excluding steroid dienone is 1. The predicted molar refractivity (Wildman–Crippen MR) is 183 cm³/mol. The number of esters is 2. The van der Waals surface area contributed by atoms with Crippen LogP contribution in [0.5, 0.6) is 5.75 Å². The lowest BCUT2D eigenvalue weighted by Gasteiger charge is -2.24. The van der Waals surface area contributed by atoms with Gasteiger partial charge < -0.3 is 23.7 Å². The van der Waals surface area contributed by atoms with Crippen LogP contribution in [0.1, 0.15) is 48.0 Å². The van der Waals surface area contributed by atoms with E-state index in [9.17, 15) is 24.0 Å². The number of benzene rings is 2. The van der Waals surface area contributed by atoms with Gasteiger partial charge in [-0.2, -0.15) is 0 Å². The van der Waals surface area contributed by atoms with Crippen LogP contribution in [0.2, 0.25) is 0 Å². The van der Waals surface area contributed by atoms with Gasteiger partial charge in [0.15, 0.2) is 4.80 Å². The first-order valence-corrected chi connectivity index (χ1v) is 16.1. The molecule has 0 saturated carbocycles. The number of nitrogens with zero attached hydrogens (tertiary/aromatic N) is 4. The Labute approximate surface area is 285 Å². The van der Waals surface area contributed by atoms with Crippen molar-refractivity contribution in [3.8, 4) is 5.75 Å². The van der Waals surface area contributed by atoms with E-state index in [1.807, 2.05) is 31.2 Å². The van der Waals surface area contributed by atoms with Crippen molar-refractivity contribution < 1.29 is 33.1 Å². The van der Waals surface area contributed by atoms with Crippen LogP contribution in [0.3, 0.4) is 0 Å². The SMILES string of the molecule is C=CCOC(=O)C1=C(C)N=c2s/c(=C3\C(=O)N(CCC)c4ccccc43)c(=O)n2C1c1ccc(OC(=O)c2ccco2)cc1.CN(C)C=O. The maximum atomic E-state index is 14.3. The number of para-hydroxylation sites is 1. The Hall–Kier alpha value is -5.82. The zero-order chi connectivity index (χ0) is 35.2. The highest BCUT2D eigenvalue weighted by Gasteiger charge is 2.37. The number of amides is 2. The number of anilines is 1. The van der Waals surface area contributed by atoms with Crippen LogP contribution in [0.15, 0.2) is 105 Å². The maximum absolute atomic E-state index is 14.3. The molecule has 2 aromatic carbocycles. The number of rotatable bonds is 9. The molecule has 1 unspecified atom stereocenters. The van der Waals surface area contributed by atoms with E-state index in [1.165, 1.54) is 27.9 Å². The predicted octanol–water partition coefficient (Wildman–Crippen LogP) is 3.61. The maximum Gasteiger partial charge on any atom is 0.379 e. The molecule has 2 aromatic heterocycles. The van der Waals surface area contributed by atoms with Gasteiger partial charge in [0.2, 0.25) is 12.2 Å². The van der Waals surface area contributed by atoms with E-state index < -0.39 is 23.5 Å². The Balaban J connectivity index is 0.000000874. The van der Waals surface area contributed by atoms with E-state index in [-0.39, 0.29) is 34.1 Å². The Morgan fingerprint density at radius 2 is 1.78 bits per heavy atom. The zero-order valence-electron chi connectivity index (χ0n) is 27.4. The summed E-state index contributed by atoms with van der Waals surface area (Å²) >= 11 is 1.11. The summed E-state index contributed by atoms with van der Waals surface area (Å²) in [5.74, 6) is -1.28. The fourth-order valence-corrected chi connectivity index (χ4v) is 6.51. The summed E-state index contributed by atoms with van der Waals surface area (Å²) in [5, 5.41) is 0. The lowest BCUT2D eigenvalue weighted by Crippen LogP contribution is -2.41. The standard InChI is InChI=1S/C33H27N3O7S.C3H7NO/c1-4-16-35-23-10-7-6-9-22(23)26(29(35)37)28-30(38)36-27(25(32(40)42-17-5-2)19(3)34-33(36)44-28)20-12-14-21(15-13-20)43-31(39)24-11-8-18-41-24;1-4(2)3-5/h5-15,18,27H,2,4,16-17H2,1,3H3;3H,1-2H3/b28-26-;. The summed E-state index contributed by atoms with van der Waals surface area (Å²) in [6.45, 7) is 7.75. The summed E-state index contributed by atoms with van der Waals surface area (Å²) < 4.78 is 17.6. The van der Waals surface area contributed by atoms with Crippen molar-refractivity contribution in [3.63, 3.8) is 0 Å². The van der Waals surface area contributed by atoms with Gasteiger partial charge in [-0.1, -0.05) is 61.2 Å². The molecule has 4 aromatic rings. The third-order valence-corrected chi connectivity index (χ3v) is 8.54. The lowest BCUT2D eigenvalue weighted by atomic mass is 9.96. The van der Waals surface area contributed by atoms with Crippen LogP contribution in [0, 0.1) is 0 Å². The third-order valence-electron chi connectivity index (χ3n) is 7.49. The Bertz CT molecular complexity index is 2130. The minimum atomic E-state index is -0.925. The molecule has 2 aliphatic heterocycles. The molecule has 0 radical (unpaired) electrons. The van der Waals surface area contributed by atoms with Gasteiger partial charge in [-0.15, -0.1) is 0 Å². The van der Waals surface area contributed by atoms with E-state index in [1.54, 1.807) is 56.3 Å². The van der Waals surface area contributed by atoms with Crippen molar-refractivity contribution in [1.29, 1.82) is 0 Å². The van der Waals surface area contributed by atoms with Gasteiger partial charge in [0.25, 0.3) is 11.5 Å². The molecule has 0 fully saturated rings. The number of aromatic nitrogens is 1. The molecule has 252 valence electrons. The van der Waals surface area contributed by atoms with E-state index in [4.69, 9.17) is 13.9 Å². The molecule has 2 amide bonds. The number of carbonyl (C=O) groups is 4. The van der Waals surface area contributed by atoms with Crippen LogP contribution in [-0.2, 0) is 19.1 Å². The van der Waals surface area contributed by atoms with Crippen LogP contribution >= 0.6 is 11.3 Å². The first-order chi connectivity index (χ1) is 23.6. The van der Waals surface area contributed by atoms with Crippen molar-refractivity contribution in [2.45, 2.75) is 26.3 Å². The Morgan fingerprint density at radius 1 is 1.06 bits per heavy atom. The van der Waals surface area contributed by atoms with Gasteiger partial charge >= 0.3 is 11.9 Å². The topological polar surface area (TPSA) is 141 Å². The van der Waals surface area contributed by atoms with Gasteiger partial charge in [0.1, 0.15) is 16.9 Å². The van der Waals surface area contributed by atoms with Crippen molar-refractivity contribution in [3.05, 3.63) is 127 Å². The van der Waals surface area contributed by atoms with Crippen LogP contribution in [-0.4, -0.2) is 61.0 Å². The van der Waals surface area contributed by atoms with Gasteiger partial charge in [-0.05, 0) is 49.2 Å². The van der Waals surface area contributed by atoms with E-state index in [0.717, 1.165) is 29.9 Å². The minimum Gasteiger partial charge on any atom is -0.458 e. The average Bonchev–Trinajstić information content (AvgIpc) is 3.81. The Kier molecular flexibility index (Phi) is 10.5. The molecule has 0 aliphatic carbocycles. The fourth-order valence-electron chi connectivity index (χ4n) is 5.38. The molecule has 0 spiro atoms. The van der Waals surface area contributed by atoms with Gasteiger partial charge in [0, 0.05) is 26.2 Å². The number of ether oxygens (including phenoxy) is 2. The van der Waals surface area contributed by atoms with Crippen LogP contribution in [0.25, 0.3) is 5.57 Å². The second kappa shape index (κ2) is 14.9. The average molecular weight is 683 g/mol. The van der Waals surface area contributed by atoms with Crippen LogP contribution < -0.4 is 24.5 Å². The van der Waals surface area contributed by atoms with Gasteiger partial charge in [-0.25, -0.2) is 14.6 Å². The molecule has 12 nitrogen and oxygen atoms in total. The van der Waals surface area contributed by atoms with Crippen molar-refractivity contribution in [2.24, 2.45) is 4.99 Å². The number of furan rings is 1. The smallest absolute Gasteiger partial charge is 0.379 e. The molecular weight excluding hydrogens is 648 g/mol. The monoisotopic (exact) mass is 682 g/mol. The van der Waals surface area contributed by atoms with E-state index in [2.05, 4.69) is 11.6 Å². The number of carbonyl (C=O) groups excluding carboxylic acids is 4. The van der Waals surface area contributed by atoms with Crippen molar-refractivity contribution in [2.75, 3.05) is 32.1 Å². The highest BCUT2D eigenvalue weighted by atomic mass is 32.1. The number of fused-ring (bicyclic) bond motifs is 2. The molecule has 1 atom stereocenters. The summed E-state index contributed by atoms with van der Waals surface area (Å²) in [4.78, 5) is 71.3. The Morgan fingerprint density at radius 3 is 2.41 bits per heavy atom. The number of thiazole rings is 1. The van der Waals surface area contributed by atoms with E-state index >= 15 is 0 Å². The first-order valence-electron chi connectivity index (χ1n) is 15.3. The van der Waals surface area contributed by atoms with Crippen LogP contribution in [0.4, 0.5) is 5.69 Å². The molecule has 49 heavy (non-hydrogen) atoms. The third kappa shape index (κ3) is 6.92. The van der Waals surface area contributed by atoms with Crippen molar-refractivity contribution >= 4 is 46.9 Å². The molecule has 6 rings (SSSR count). The molecule has 4 heterocycles. The molecule has 2 aliphatic rings. The van der Waals surface area contributed by atoms with Gasteiger partial charge in [0.05, 0.1) is 34.8 Å². The summed E-state index contributed by atoms with van der Waals surface area (Å²) in [7, 11) is 3.38. The van der Waals surface area contributed by atoms with E-state index in [0.29, 0.717) is 33.7 Å². The minimum absolute atomic E-state index is 0.0306. The lowest BCUT2D eigenvalue weighted by molar-refractivity contribution is -0.138. The molecule has 0 N–H and O–H groups in total. The molecular formula is C36H34N4O8S. The largest absolute Gasteiger partial charge is 0.458 e. The van der Waals surface area contributed by atoms with Gasteiger partial charge in [-0.3, -0.25) is 19.0 Å². The molecule has 0 bridgehead atoms. The normalized spacial score (nSPS) is 15.7. The number of hydrogen-bond acceptors (Lipinski definition) is 10. The second-order valence-electron chi connectivity index (χ2n) is 11.1. The highest BCUT2D eigenvalue weighted by Crippen LogP contribution is 2.36. The molecule has 13 heteroatoms. The first kappa shape index (κ1) is 34.5. The highest BCUT2D eigenvalue weighted by molar-refractivity contribution is 7.07. The zero-order valence-corrected chi connectivity index (χ0v) is 28.2. The summed E-state index contributed by atoms with van der Waals surface area (Å²) in [6, 6.07) is 16.0. The fraction of sp³-hybridized carbons (Fsp3) is 0.222. The summed E-state index contributed by atoms with van der Waals surface area (Å²) in [5.41, 5.74) is 2.38. The quantitative estimate of drug-likeness (QED) is 0.113. The second-order valence-corrected chi connectivity index (χ2v) is 12.1. The molecule has 0 saturated heterocycles. The summed E-state index contributed by atoms with van der Waals surface area (Å²) in [6.07, 6.45) is 4.32.